The molecular weight excluding hydrogens is 750 g/mol. The van der Waals surface area contributed by atoms with Crippen LogP contribution in [0.15, 0.2) is 91.0 Å². The lowest BCUT2D eigenvalue weighted by molar-refractivity contribution is -0.668. The minimum absolute atomic E-state index is 0.897. The van der Waals surface area contributed by atoms with Crippen LogP contribution in [0.2, 0.25) is 0 Å². The molecule has 308 valence electrons. The summed E-state index contributed by atoms with van der Waals surface area (Å²) in [4.78, 5) is 22.3. The van der Waals surface area contributed by atoms with Crippen molar-refractivity contribution in [2.75, 3.05) is 23.7 Å². The summed E-state index contributed by atoms with van der Waals surface area (Å²) in [6.45, 7) is 7.27. The number of aliphatic carboxylic acids is 2. The average Bonchev–Trinajstić information content (AvgIpc) is 3.16. The highest BCUT2D eigenvalue weighted by atomic mass is 19.4. The van der Waals surface area contributed by atoms with Crippen molar-refractivity contribution >= 4 is 45.1 Å². The Morgan fingerprint density at radius 2 is 1.09 bits per heavy atom. The molecule has 5 rings (SSSR count). The molecule has 0 saturated heterocycles. The number of fused-ring (bicyclic) bond motifs is 2. The summed E-state index contributed by atoms with van der Waals surface area (Å²) in [6, 6.07) is 32.4. The molecular formula is C43H50F6N4O4. The third kappa shape index (κ3) is 16.3. The Morgan fingerprint density at radius 3 is 1.60 bits per heavy atom. The van der Waals surface area contributed by atoms with E-state index in [0.717, 1.165) is 30.8 Å². The van der Waals surface area contributed by atoms with Gasteiger partial charge in [-0.05, 0) is 38.0 Å². The maximum Gasteiger partial charge on any atom is 0.490 e. The van der Waals surface area contributed by atoms with Gasteiger partial charge in [0.05, 0.1) is 16.6 Å². The summed E-state index contributed by atoms with van der Waals surface area (Å²) < 4.78 is 65.7. The number of rotatable bonds is 17. The first-order valence-corrected chi connectivity index (χ1v) is 19.0. The highest BCUT2D eigenvalue weighted by molar-refractivity contribution is 5.91. The van der Waals surface area contributed by atoms with E-state index in [-0.39, 0.29) is 0 Å². The van der Waals surface area contributed by atoms with Gasteiger partial charge in [-0.15, -0.1) is 0 Å². The second-order valence-electron chi connectivity index (χ2n) is 13.6. The number of hydrogen-bond acceptors (Lipinski definition) is 6. The second-order valence-corrected chi connectivity index (χ2v) is 13.6. The largest absolute Gasteiger partial charge is 0.542 e. The highest BCUT2D eigenvalue weighted by Crippen LogP contribution is 2.24. The molecule has 5 aromatic rings. The minimum Gasteiger partial charge on any atom is -0.542 e. The molecule has 0 spiro atoms. The van der Waals surface area contributed by atoms with Crippen LogP contribution in [0.1, 0.15) is 81.2 Å². The van der Waals surface area contributed by atoms with Crippen LogP contribution in [0.25, 0.3) is 21.8 Å². The fourth-order valence-corrected chi connectivity index (χ4v) is 6.18. The highest BCUT2D eigenvalue weighted by Gasteiger charge is 2.38. The number of aromatic nitrogens is 2. The number of carboxylic acids is 2. The molecule has 0 amide bonds. The molecule has 3 N–H and O–H groups in total. The van der Waals surface area contributed by atoms with Crippen molar-refractivity contribution in [2.45, 2.75) is 97.0 Å². The lowest BCUT2D eigenvalue weighted by Crippen LogP contribution is -2.38. The first kappa shape index (κ1) is 46.0. The van der Waals surface area contributed by atoms with Crippen molar-refractivity contribution in [1.29, 1.82) is 0 Å². The monoisotopic (exact) mass is 800 g/mol. The minimum atomic E-state index is -5.19. The molecule has 0 aliphatic carbocycles. The van der Waals surface area contributed by atoms with Gasteiger partial charge >= 0.3 is 18.3 Å². The van der Waals surface area contributed by atoms with Crippen LogP contribution in [-0.2, 0) is 16.1 Å². The van der Waals surface area contributed by atoms with Crippen molar-refractivity contribution in [3.63, 3.8) is 0 Å². The van der Waals surface area contributed by atoms with E-state index in [4.69, 9.17) is 19.8 Å². The van der Waals surface area contributed by atoms with Gasteiger partial charge in [0.25, 0.3) is 0 Å². The van der Waals surface area contributed by atoms with Crippen LogP contribution in [-0.4, -0.2) is 47.5 Å². The van der Waals surface area contributed by atoms with Crippen LogP contribution in [0.5, 0.6) is 0 Å². The molecule has 8 nitrogen and oxygen atoms in total. The maximum atomic E-state index is 10.6. The molecule has 0 atom stereocenters. The molecule has 0 aliphatic heterocycles. The molecule has 3 aromatic carbocycles. The number of nitrogens with one attached hydrogen (secondary N) is 2. The molecule has 0 bridgehead atoms. The number of para-hydroxylation sites is 2. The summed E-state index contributed by atoms with van der Waals surface area (Å²) >= 11 is 0. The van der Waals surface area contributed by atoms with Crippen molar-refractivity contribution in [1.82, 2.24) is 4.98 Å². The van der Waals surface area contributed by atoms with Gasteiger partial charge in [-0.1, -0.05) is 112 Å². The third-order valence-corrected chi connectivity index (χ3v) is 9.00. The fraction of sp³-hybridized carbons (Fsp3) is 0.395. The molecule has 2 aromatic heterocycles. The van der Waals surface area contributed by atoms with Gasteiger partial charge in [-0.3, -0.25) is 4.98 Å². The number of pyridine rings is 2. The predicted octanol–water partition coefficient (Wildman–Crippen LogP) is 9.70. The molecule has 0 fully saturated rings. The Balaban J connectivity index is 0.000000531. The average molecular weight is 801 g/mol. The van der Waals surface area contributed by atoms with Crippen molar-refractivity contribution in [2.24, 2.45) is 0 Å². The Bertz CT molecular complexity index is 1980. The number of benzene rings is 3. The number of carbonyl (C=O) groups excluding carboxylic acids is 1. The van der Waals surface area contributed by atoms with E-state index in [1.54, 1.807) is 0 Å². The molecule has 0 saturated carbocycles. The molecule has 14 heteroatoms. The van der Waals surface area contributed by atoms with Crippen LogP contribution < -0.4 is 20.3 Å². The number of nitrogens with zero attached hydrogens (tertiary/aromatic N) is 2. The number of carbonyl (C=O) groups is 2. The maximum absolute atomic E-state index is 10.6. The third-order valence-electron chi connectivity index (χ3n) is 9.00. The molecule has 0 aliphatic rings. The first-order valence-electron chi connectivity index (χ1n) is 19.0. The number of carboxylic acid groups (broad SMARTS) is 2. The zero-order valence-corrected chi connectivity index (χ0v) is 32.2. The van der Waals surface area contributed by atoms with Crippen LogP contribution in [0.4, 0.5) is 37.7 Å². The Morgan fingerprint density at radius 1 is 0.649 bits per heavy atom. The summed E-state index contributed by atoms with van der Waals surface area (Å²) in [5.74, 6) is -5.76. The van der Waals surface area contributed by atoms with E-state index in [1.807, 2.05) is 0 Å². The SMILES string of the molecule is Cc1cc(NCCCCCCCCCCCCNc2cc(C)[n+](Cc3ccccc3)c3ccccc23)c2ccccc2n1.O=C(O)C(F)(F)F.O=C([O-])C(F)(F)F. The molecule has 0 unspecified atom stereocenters. The van der Waals surface area contributed by atoms with Gasteiger partial charge in [0.2, 0.25) is 5.52 Å². The van der Waals surface area contributed by atoms with Gasteiger partial charge in [0.1, 0.15) is 5.97 Å². The van der Waals surface area contributed by atoms with Crippen LogP contribution in [0, 0.1) is 13.8 Å². The Labute approximate surface area is 329 Å². The van der Waals surface area contributed by atoms with Gasteiger partial charge < -0.3 is 25.6 Å². The zero-order valence-electron chi connectivity index (χ0n) is 32.2. The van der Waals surface area contributed by atoms with Crippen molar-refractivity contribution in [3.8, 4) is 0 Å². The summed E-state index contributed by atoms with van der Waals surface area (Å²) in [7, 11) is 0. The van der Waals surface area contributed by atoms with E-state index >= 15 is 0 Å². The van der Waals surface area contributed by atoms with E-state index in [2.05, 4.69) is 125 Å². The van der Waals surface area contributed by atoms with E-state index in [1.165, 1.54) is 103 Å². The van der Waals surface area contributed by atoms with Gasteiger partial charge in [-0.25, -0.2) is 4.79 Å². The normalized spacial score (nSPS) is 11.3. The number of alkyl halides is 6. The van der Waals surface area contributed by atoms with E-state index in [9.17, 15) is 26.3 Å². The number of hydrogen-bond donors (Lipinski definition) is 3. The van der Waals surface area contributed by atoms with Gasteiger partial charge in [-0.2, -0.15) is 30.9 Å². The molecule has 2 heterocycles. The standard InChI is InChI=1S/C39H48N4.2C2HF3O2/c1-31-28-37(34-22-14-16-24-36(34)42-31)40-26-18-9-7-5-3-4-6-8-10-19-27-41-38-29-32(2)43(30-33-20-12-11-13-21-33)39-25-17-15-23-35(38)39;2*3-2(4,5)1(6)7/h11-17,20-25,28-29H,3-10,18-19,26-27,30H2,1-2H3,(H,40,42);2*(H,6,7). The van der Waals surface area contributed by atoms with E-state index in [0.29, 0.717) is 0 Å². The molecule has 0 radical (unpaired) electrons. The summed E-state index contributed by atoms with van der Waals surface area (Å²) in [5, 5.41) is 25.8. The topological polar surface area (TPSA) is 118 Å². The zero-order chi connectivity index (χ0) is 41.8. The lowest BCUT2D eigenvalue weighted by atomic mass is 10.1. The second kappa shape index (κ2) is 23.0. The quantitative estimate of drug-likeness (QED) is 0.0487. The number of halogens is 6. The van der Waals surface area contributed by atoms with Crippen molar-refractivity contribution in [3.05, 3.63) is 108 Å². The lowest BCUT2D eigenvalue weighted by Gasteiger charge is -2.12. The Hall–Kier alpha value is -5.40. The summed E-state index contributed by atoms with van der Waals surface area (Å²) in [5.41, 5.74) is 8.55. The fourth-order valence-electron chi connectivity index (χ4n) is 6.18. The van der Waals surface area contributed by atoms with Gasteiger partial charge in [0, 0.05) is 54.5 Å². The number of aryl methyl sites for hydroxylation is 2. The first-order chi connectivity index (χ1) is 27.1. The predicted molar refractivity (Wildman–Crippen MR) is 209 cm³/mol. The summed E-state index contributed by atoms with van der Waals surface area (Å²) in [6.07, 6.45) is 2.95. The number of unbranched alkanes of at least 4 members (excludes halogenated alkanes) is 9. The number of anilines is 2. The van der Waals surface area contributed by atoms with Crippen LogP contribution in [0.3, 0.4) is 0 Å². The van der Waals surface area contributed by atoms with Gasteiger partial charge in [0.15, 0.2) is 12.2 Å². The molecule has 57 heavy (non-hydrogen) atoms. The van der Waals surface area contributed by atoms with E-state index < -0.39 is 24.3 Å². The van der Waals surface area contributed by atoms with Crippen LogP contribution >= 0.6 is 0 Å². The Kier molecular flexibility index (Phi) is 18.5. The van der Waals surface area contributed by atoms with Crippen molar-refractivity contribution < 1.29 is 50.7 Å². The smallest absolute Gasteiger partial charge is 0.490 e.